The standard InChI is InChI=1S/C24H30N6O4/c1-3-22(32)30-13-11-29(12-14-30)21-15-19(23(33)25-18-8-4-5-9-20(18)31)26-24(27-21)34-16-17-7-6-10-28(17)2/h3-5,8-9,15,17,31H,1,6-7,10-14,16H2,2H3,(H,25,33)/t17-/m0/s1. The van der Waals surface area contributed by atoms with Crippen molar-refractivity contribution in [2.75, 3.05) is 56.6 Å². The minimum absolute atomic E-state index is 0.0334. The van der Waals surface area contributed by atoms with Gasteiger partial charge in [-0.15, -0.1) is 0 Å². The van der Waals surface area contributed by atoms with Crippen LogP contribution in [-0.4, -0.2) is 89.1 Å². The van der Waals surface area contributed by atoms with Crippen LogP contribution in [0.25, 0.3) is 0 Å². The summed E-state index contributed by atoms with van der Waals surface area (Å²) in [5.74, 6) is -0.0602. The summed E-state index contributed by atoms with van der Waals surface area (Å²) in [4.78, 5) is 39.8. The average Bonchev–Trinajstić information content (AvgIpc) is 3.28. The van der Waals surface area contributed by atoms with Crippen LogP contribution in [0.15, 0.2) is 43.0 Å². The summed E-state index contributed by atoms with van der Waals surface area (Å²) in [5, 5.41) is 12.7. The summed E-state index contributed by atoms with van der Waals surface area (Å²) in [7, 11) is 2.06. The molecule has 10 nitrogen and oxygen atoms in total. The first kappa shape index (κ1) is 23.5. The summed E-state index contributed by atoms with van der Waals surface area (Å²) in [6, 6.07) is 8.52. The van der Waals surface area contributed by atoms with Gasteiger partial charge in [0.2, 0.25) is 5.91 Å². The number of carbonyl (C=O) groups is 2. The van der Waals surface area contributed by atoms with Crippen molar-refractivity contribution in [1.29, 1.82) is 0 Å². The zero-order valence-electron chi connectivity index (χ0n) is 19.3. The first-order valence-electron chi connectivity index (χ1n) is 11.4. The number of aromatic hydroxyl groups is 1. The fourth-order valence-corrected chi connectivity index (χ4v) is 4.17. The number of nitrogens with one attached hydrogen (secondary N) is 1. The molecule has 10 heteroatoms. The molecule has 0 aliphatic carbocycles. The number of hydrogen-bond donors (Lipinski definition) is 2. The molecule has 2 fully saturated rings. The van der Waals surface area contributed by atoms with Crippen molar-refractivity contribution >= 4 is 23.3 Å². The van der Waals surface area contributed by atoms with E-state index in [1.165, 1.54) is 12.1 Å². The molecule has 2 aromatic rings. The Labute approximate surface area is 198 Å². The number of likely N-dealkylation sites (N-methyl/N-ethyl adjacent to an activating group) is 1. The van der Waals surface area contributed by atoms with Crippen molar-refractivity contribution < 1.29 is 19.4 Å². The van der Waals surface area contributed by atoms with Crippen molar-refractivity contribution in [2.45, 2.75) is 18.9 Å². The highest BCUT2D eigenvalue weighted by molar-refractivity contribution is 6.04. The molecule has 2 saturated heterocycles. The van der Waals surface area contributed by atoms with Gasteiger partial charge in [0.15, 0.2) is 0 Å². The molecule has 180 valence electrons. The van der Waals surface area contributed by atoms with E-state index in [0.29, 0.717) is 44.3 Å². The fraction of sp³-hybridized carbons (Fsp3) is 0.417. The molecular weight excluding hydrogens is 436 g/mol. The van der Waals surface area contributed by atoms with Gasteiger partial charge in [-0.2, -0.15) is 9.97 Å². The van der Waals surface area contributed by atoms with Crippen LogP contribution in [-0.2, 0) is 4.79 Å². The number of aromatic nitrogens is 2. The summed E-state index contributed by atoms with van der Waals surface area (Å²) in [5.41, 5.74) is 0.423. The second-order valence-corrected chi connectivity index (χ2v) is 8.47. The number of rotatable bonds is 7. The summed E-state index contributed by atoms with van der Waals surface area (Å²) >= 11 is 0. The van der Waals surface area contributed by atoms with Crippen LogP contribution in [0.4, 0.5) is 11.5 Å². The molecule has 2 aliphatic rings. The monoisotopic (exact) mass is 466 g/mol. The highest BCUT2D eigenvalue weighted by Gasteiger charge is 2.25. The molecule has 34 heavy (non-hydrogen) atoms. The number of ether oxygens (including phenoxy) is 1. The second kappa shape index (κ2) is 10.5. The molecule has 0 radical (unpaired) electrons. The number of nitrogens with zero attached hydrogens (tertiary/aromatic N) is 5. The Kier molecular flexibility index (Phi) is 7.27. The van der Waals surface area contributed by atoms with Gasteiger partial charge in [0, 0.05) is 38.3 Å². The predicted molar refractivity (Wildman–Crippen MR) is 128 cm³/mol. The van der Waals surface area contributed by atoms with Crippen LogP contribution in [0, 0.1) is 0 Å². The van der Waals surface area contributed by atoms with Crippen molar-refractivity contribution in [3.8, 4) is 11.8 Å². The molecule has 1 aromatic carbocycles. The zero-order chi connectivity index (χ0) is 24.1. The Balaban J connectivity index is 1.54. The molecular formula is C24H30N6O4. The average molecular weight is 467 g/mol. The molecule has 0 saturated carbocycles. The number of para-hydroxylation sites is 2. The van der Waals surface area contributed by atoms with Crippen LogP contribution >= 0.6 is 0 Å². The lowest BCUT2D eigenvalue weighted by molar-refractivity contribution is -0.126. The van der Waals surface area contributed by atoms with Gasteiger partial charge in [-0.25, -0.2) is 0 Å². The van der Waals surface area contributed by atoms with E-state index in [4.69, 9.17) is 4.74 Å². The number of amides is 2. The van der Waals surface area contributed by atoms with Gasteiger partial charge in [0.1, 0.15) is 23.9 Å². The van der Waals surface area contributed by atoms with Crippen molar-refractivity contribution in [1.82, 2.24) is 19.8 Å². The lowest BCUT2D eigenvalue weighted by atomic mass is 10.2. The Morgan fingerprint density at radius 2 is 1.97 bits per heavy atom. The maximum absolute atomic E-state index is 13.0. The number of anilines is 2. The van der Waals surface area contributed by atoms with E-state index in [1.54, 1.807) is 29.2 Å². The van der Waals surface area contributed by atoms with Crippen LogP contribution in [0.3, 0.4) is 0 Å². The van der Waals surface area contributed by atoms with Crippen LogP contribution in [0.2, 0.25) is 0 Å². The van der Waals surface area contributed by atoms with E-state index in [2.05, 4.69) is 33.8 Å². The van der Waals surface area contributed by atoms with Gasteiger partial charge >= 0.3 is 6.01 Å². The van der Waals surface area contributed by atoms with E-state index in [-0.39, 0.29) is 29.4 Å². The molecule has 1 aromatic heterocycles. The minimum Gasteiger partial charge on any atom is -0.506 e. The van der Waals surface area contributed by atoms with E-state index in [1.807, 2.05) is 4.90 Å². The van der Waals surface area contributed by atoms with E-state index < -0.39 is 5.91 Å². The smallest absolute Gasteiger partial charge is 0.319 e. The second-order valence-electron chi connectivity index (χ2n) is 8.47. The Bertz CT molecular complexity index is 1050. The Morgan fingerprint density at radius 1 is 1.21 bits per heavy atom. The zero-order valence-corrected chi connectivity index (χ0v) is 19.3. The van der Waals surface area contributed by atoms with E-state index in [9.17, 15) is 14.7 Å². The van der Waals surface area contributed by atoms with Gasteiger partial charge in [0.25, 0.3) is 5.91 Å². The number of likely N-dealkylation sites (tertiary alicyclic amines) is 1. The third kappa shape index (κ3) is 5.45. The number of phenolic OH excluding ortho intramolecular Hbond substituents is 1. The molecule has 4 rings (SSSR count). The minimum atomic E-state index is -0.478. The van der Waals surface area contributed by atoms with Gasteiger partial charge in [-0.1, -0.05) is 18.7 Å². The number of hydrogen-bond acceptors (Lipinski definition) is 8. The fourth-order valence-electron chi connectivity index (χ4n) is 4.17. The predicted octanol–water partition coefficient (Wildman–Crippen LogP) is 1.74. The summed E-state index contributed by atoms with van der Waals surface area (Å²) < 4.78 is 5.94. The lowest BCUT2D eigenvalue weighted by Crippen LogP contribution is -2.48. The van der Waals surface area contributed by atoms with Crippen LogP contribution < -0.4 is 15.0 Å². The van der Waals surface area contributed by atoms with Crippen LogP contribution in [0.1, 0.15) is 23.3 Å². The van der Waals surface area contributed by atoms with Gasteiger partial charge in [0.05, 0.1) is 5.69 Å². The molecule has 2 aliphatic heterocycles. The third-order valence-corrected chi connectivity index (χ3v) is 6.24. The topological polar surface area (TPSA) is 111 Å². The summed E-state index contributed by atoms with van der Waals surface area (Å²) in [6.07, 6.45) is 3.47. The highest BCUT2D eigenvalue weighted by Crippen LogP contribution is 2.24. The molecule has 0 spiro atoms. The van der Waals surface area contributed by atoms with Crippen molar-refractivity contribution in [2.24, 2.45) is 0 Å². The van der Waals surface area contributed by atoms with Crippen molar-refractivity contribution in [3.05, 3.63) is 48.7 Å². The molecule has 0 bridgehead atoms. The molecule has 2 N–H and O–H groups in total. The quantitative estimate of drug-likeness (QED) is 0.469. The molecule has 3 heterocycles. The summed E-state index contributed by atoms with van der Waals surface area (Å²) in [6.45, 7) is 7.17. The maximum Gasteiger partial charge on any atom is 0.319 e. The molecule has 1 atom stereocenters. The van der Waals surface area contributed by atoms with Gasteiger partial charge < -0.3 is 29.9 Å². The maximum atomic E-state index is 13.0. The molecule has 0 unspecified atom stereocenters. The largest absolute Gasteiger partial charge is 0.506 e. The third-order valence-electron chi connectivity index (χ3n) is 6.24. The highest BCUT2D eigenvalue weighted by atomic mass is 16.5. The van der Waals surface area contributed by atoms with E-state index >= 15 is 0 Å². The SMILES string of the molecule is C=CC(=O)N1CCN(c2cc(C(=O)Nc3ccccc3O)nc(OC[C@@H]3CCCN3C)n2)CC1. The number of carbonyl (C=O) groups excluding carboxylic acids is 2. The lowest BCUT2D eigenvalue weighted by Gasteiger charge is -2.35. The van der Waals surface area contributed by atoms with Gasteiger partial charge in [-0.3, -0.25) is 9.59 Å². The Hall–Kier alpha value is -3.66. The first-order chi connectivity index (χ1) is 16.4. The number of phenols is 1. The first-order valence-corrected chi connectivity index (χ1v) is 11.4. The normalized spacial score (nSPS) is 18.6. The van der Waals surface area contributed by atoms with Crippen LogP contribution in [0.5, 0.6) is 11.8 Å². The Morgan fingerprint density at radius 3 is 2.65 bits per heavy atom. The number of benzene rings is 1. The van der Waals surface area contributed by atoms with Gasteiger partial charge in [-0.05, 0) is 44.6 Å². The number of piperazine rings is 1. The van der Waals surface area contributed by atoms with E-state index in [0.717, 1.165) is 19.4 Å². The molecule has 2 amide bonds. The van der Waals surface area contributed by atoms with Crippen molar-refractivity contribution in [3.63, 3.8) is 0 Å².